The molecule has 1 fully saturated rings. The highest BCUT2D eigenvalue weighted by molar-refractivity contribution is 9.10. The van der Waals surface area contributed by atoms with E-state index in [0.29, 0.717) is 0 Å². The van der Waals surface area contributed by atoms with E-state index in [2.05, 4.69) is 26.2 Å². The normalized spacial score (nSPS) is 20.0. The standard InChI is InChI=1S/C16H15BrN2O3S/c17-12-6-8-13(9-7-12)23(21,22)19-18-16(20)15-10-14(15)11-4-2-1-3-5-11/h1-9,14-15,19H,10H2,(H,18,20)/t14-,15+/m1/s1. The summed E-state index contributed by atoms with van der Waals surface area (Å²) in [6, 6.07) is 15.9. The second-order valence-electron chi connectivity index (χ2n) is 5.41. The van der Waals surface area contributed by atoms with E-state index in [1.165, 1.54) is 12.1 Å². The van der Waals surface area contributed by atoms with Crippen molar-refractivity contribution >= 4 is 31.9 Å². The van der Waals surface area contributed by atoms with Gasteiger partial charge in [-0.05, 0) is 42.2 Å². The maximum atomic E-state index is 12.1. The monoisotopic (exact) mass is 394 g/mol. The molecule has 0 aromatic heterocycles. The molecule has 0 radical (unpaired) electrons. The molecule has 0 bridgehead atoms. The smallest absolute Gasteiger partial charge is 0.257 e. The Morgan fingerprint density at radius 3 is 2.35 bits per heavy atom. The second kappa shape index (κ2) is 6.43. The van der Waals surface area contributed by atoms with Gasteiger partial charge in [0.2, 0.25) is 5.91 Å². The van der Waals surface area contributed by atoms with E-state index in [9.17, 15) is 13.2 Å². The van der Waals surface area contributed by atoms with Crippen molar-refractivity contribution in [3.05, 3.63) is 64.6 Å². The number of benzene rings is 2. The average molecular weight is 395 g/mol. The molecule has 120 valence electrons. The largest absolute Gasteiger partial charge is 0.277 e. The van der Waals surface area contributed by atoms with Crippen molar-refractivity contribution in [1.82, 2.24) is 10.3 Å². The van der Waals surface area contributed by atoms with Crippen LogP contribution in [0.1, 0.15) is 17.9 Å². The van der Waals surface area contributed by atoms with Gasteiger partial charge in [-0.15, -0.1) is 4.83 Å². The molecule has 7 heteroatoms. The molecule has 0 unspecified atom stereocenters. The Balaban J connectivity index is 1.58. The molecule has 1 saturated carbocycles. The minimum Gasteiger partial charge on any atom is -0.277 e. The fourth-order valence-corrected chi connectivity index (χ4v) is 3.55. The molecule has 2 N–H and O–H groups in total. The van der Waals surface area contributed by atoms with Crippen LogP contribution < -0.4 is 10.3 Å². The van der Waals surface area contributed by atoms with Crippen LogP contribution in [-0.2, 0) is 14.8 Å². The summed E-state index contributed by atoms with van der Waals surface area (Å²) >= 11 is 3.25. The number of hydrogen-bond acceptors (Lipinski definition) is 3. The van der Waals surface area contributed by atoms with Crippen molar-refractivity contribution in [2.75, 3.05) is 0 Å². The lowest BCUT2D eigenvalue weighted by molar-refractivity contribution is -0.122. The summed E-state index contributed by atoms with van der Waals surface area (Å²) in [4.78, 5) is 14.3. The third kappa shape index (κ3) is 3.80. The first kappa shape index (κ1) is 16.2. The average Bonchev–Trinajstić information content (AvgIpc) is 3.35. The fraction of sp³-hybridized carbons (Fsp3) is 0.188. The number of carbonyl (C=O) groups is 1. The van der Waals surface area contributed by atoms with E-state index < -0.39 is 10.0 Å². The summed E-state index contributed by atoms with van der Waals surface area (Å²) in [5.74, 6) is -0.335. The van der Waals surface area contributed by atoms with Crippen LogP contribution in [0.25, 0.3) is 0 Å². The highest BCUT2D eigenvalue weighted by Gasteiger charge is 2.44. The first-order valence-corrected chi connectivity index (χ1v) is 9.37. The number of hydrazine groups is 1. The van der Waals surface area contributed by atoms with Gasteiger partial charge in [0.15, 0.2) is 0 Å². The van der Waals surface area contributed by atoms with Gasteiger partial charge in [-0.2, -0.15) is 0 Å². The summed E-state index contributed by atoms with van der Waals surface area (Å²) in [5.41, 5.74) is 3.41. The third-order valence-corrected chi connectivity index (χ3v) is 5.58. The first-order chi connectivity index (χ1) is 11.0. The molecule has 3 rings (SSSR count). The summed E-state index contributed by atoms with van der Waals surface area (Å²) in [6.07, 6.45) is 0.732. The third-order valence-electron chi connectivity index (χ3n) is 3.79. The molecule has 5 nitrogen and oxygen atoms in total. The lowest BCUT2D eigenvalue weighted by Gasteiger charge is -2.08. The fourth-order valence-electron chi connectivity index (χ4n) is 2.44. The minimum atomic E-state index is -3.76. The minimum absolute atomic E-state index is 0.0939. The molecule has 23 heavy (non-hydrogen) atoms. The molecule has 0 spiro atoms. The second-order valence-corrected chi connectivity index (χ2v) is 8.01. The topological polar surface area (TPSA) is 75.3 Å². The van der Waals surface area contributed by atoms with Gasteiger partial charge < -0.3 is 0 Å². The predicted molar refractivity (Wildman–Crippen MR) is 89.9 cm³/mol. The predicted octanol–water partition coefficient (Wildman–Crippen LogP) is 2.56. The van der Waals surface area contributed by atoms with E-state index in [4.69, 9.17) is 0 Å². The van der Waals surface area contributed by atoms with Crippen LogP contribution in [0.4, 0.5) is 0 Å². The van der Waals surface area contributed by atoms with E-state index >= 15 is 0 Å². The van der Waals surface area contributed by atoms with Crippen LogP contribution in [0.3, 0.4) is 0 Å². The van der Waals surface area contributed by atoms with Crippen LogP contribution in [-0.4, -0.2) is 14.3 Å². The van der Waals surface area contributed by atoms with Gasteiger partial charge in [-0.25, -0.2) is 8.42 Å². The van der Waals surface area contributed by atoms with Gasteiger partial charge in [-0.1, -0.05) is 46.3 Å². The van der Waals surface area contributed by atoms with E-state index in [0.717, 1.165) is 16.5 Å². The highest BCUT2D eigenvalue weighted by Crippen LogP contribution is 2.47. The zero-order valence-corrected chi connectivity index (χ0v) is 14.5. The summed E-state index contributed by atoms with van der Waals surface area (Å²) < 4.78 is 25.0. The van der Waals surface area contributed by atoms with Crippen molar-refractivity contribution in [2.45, 2.75) is 17.2 Å². The van der Waals surface area contributed by atoms with Gasteiger partial charge >= 0.3 is 0 Å². The Morgan fingerprint density at radius 1 is 1.04 bits per heavy atom. The zero-order valence-electron chi connectivity index (χ0n) is 12.1. The maximum Gasteiger partial charge on any atom is 0.257 e. The van der Waals surface area contributed by atoms with Gasteiger partial charge in [0.05, 0.1) is 4.90 Å². The Hall–Kier alpha value is -1.70. The van der Waals surface area contributed by atoms with Crippen LogP contribution in [0.2, 0.25) is 0 Å². The van der Waals surface area contributed by atoms with Crippen molar-refractivity contribution in [3.63, 3.8) is 0 Å². The number of amides is 1. The van der Waals surface area contributed by atoms with Gasteiger partial charge in [-0.3, -0.25) is 10.2 Å². The molecule has 1 amide bonds. The van der Waals surface area contributed by atoms with Crippen molar-refractivity contribution in [3.8, 4) is 0 Å². The van der Waals surface area contributed by atoms with Crippen LogP contribution in [0.15, 0.2) is 64.0 Å². The summed E-state index contributed by atoms with van der Waals surface area (Å²) in [7, 11) is -3.76. The van der Waals surface area contributed by atoms with E-state index in [-0.39, 0.29) is 22.6 Å². The molecule has 1 aliphatic rings. The van der Waals surface area contributed by atoms with Gasteiger partial charge in [0.1, 0.15) is 0 Å². The first-order valence-electron chi connectivity index (χ1n) is 7.09. The van der Waals surface area contributed by atoms with Crippen LogP contribution in [0.5, 0.6) is 0 Å². The van der Waals surface area contributed by atoms with Gasteiger partial charge in [0.25, 0.3) is 10.0 Å². The molecule has 1 aliphatic carbocycles. The lowest BCUT2D eigenvalue weighted by atomic mass is 10.1. The quantitative estimate of drug-likeness (QED) is 0.765. The molecule has 2 atom stereocenters. The number of nitrogens with one attached hydrogen (secondary N) is 2. The Bertz CT molecular complexity index is 807. The van der Waals surface area contributed by atoms with E-state index in [1.54, 1.807) is 12.1 Å². The number of halogens is 1. The van der Waals surface area contributed by atoms with E-state index in [1.807, 2.05) is 30.3 Å². The number of hydrogen-bond donors (Lipinski definition) is 2. The number of carbonyl (C=O) groups excluding carboxylic acids is 1. The van der Waals surface area contributed by atoms with Crippen molar-refractivity contribution in [1.29, 1.82) is 0 Å². The van der Waals surface area contributed by atoms with Crippen molar-refractivity contribution in [2.24, 2.45) is 5.92 Å². The highest BCUT2D eigenvalue weighted by atomic mass is 79.9. The SMILES string of the molecule is O=C(NNS(=O)(=O)c1ccc(Br)cc1)[C@H]1C[C@@H]1c1ccccc1. The summed E-state index contributed by atoms with van der Waals surface area (Å²) in [5, 5.41) is 0. The number of rotatable bonds is 5. The van der Waals surface area contributed by atoms with Crippen molar-refractivity contribution < 1.29 is 13.2 Å². The number of sulfonamides is 1. The Kier molecular flexibility index (Phi) is 4.52. The van der Waals surface area contributed by atoms with Crippen LogP contribution in [0, 0.1) is 5.92 Å². The zero-order chi connectivity index (χ0) is 16.4. The Labute approximate surface area is 143 Å². The maximum absolute atomic E-state index is 12.1. The molecule has 0 aliphatic heterocycles. The van der Waals surface area contributed by atoms with Gasteiger partial charge in [0, 0.05) is 10.4 Å². The molecular formula is C16H15BrN2O3S. The molecule has 2 aromatic carbocycles. The molecule has 0 saturated heterocycles. The Morgan fingerprint density at radius 2 is 1.70 bits per heavy atom. The van der Waals surface area contributed by atoms with Crippen LogP contribution >= 0.6 is 15.9 Å². The lowest BCUT2D eigenvalue weighted by Crippen LogP contribution is -2.42. The summed E-state index contributed by atoms with van der Waals surface area (Å²) in [6.45, 7) is 0. The molecular weight excluding hydrogens is 380 g/mol. The molecule has 2 aromatic rings. The molecule has 0 heterocycles.